The Morgan fingerprint density at radius 1 is 1.25 bits per heavy atom. The van der Waals surface area contributed by atoms with E-state index in [1.165, 1.54) is 0 Å². The van der Waals surface area contributed by atoms with Crippen LogP contribution in [0.5, 0.6) is 0 Å². The van der Waals surface area contributed by atoms with Gasteiger partial charge in [-0.15, -0.1) is 0 Å². The smallest absolute Gasteiger partial charge is 0.369 e. The van der Waals surface area contributed by atoms with Gasteiger partial charge >= 0.3 is 5.97 Å². The summed E-state index contributed by atoms with van der Waals surface area (Å²) < 4.78 is 39.0. The molecule has 0 aliphatic rings. The van der Waals surface area contributed by atoms with Gasteiger partial charge in [0.05, 0.1) is 5.56 Å². The summed E-state index contributed by atoms with van der Waals surface area (Å²) in [6.45, 7) is 0.842. The maximum atomic E-state index is 13.3. The lowest BCUT2D eigenvalue weighted by atomic mass is 10.0. The quantitative estimate of drug-likeness (QED) is 0.520. The van der Waals surface area contributed by atoms with E-state index in [0.29, 0.717) is 0 Å². The van der Waals surface area contributed by atoms with E-state index in [2.05, 4.69) is 0 Å². The van der Waals surface area contributed by atoms with Gasteiger partial charge in [0, 0.05) is 5.56 Å². The van der Waals surface area contributed by atoms with E-state index in [1.807, 2.05) is 0 Å². The Hall–Kier alpha value is -1.60. The molecule has 88 valence electrons. The minimum atomic E-state index is -3.61. The molecule has 0 heterocycles. The van der Waals surface area contributed by atoms with Crippen LogP contribution in [0.15, 0.2) is 6.07 Å². The van der Waals surface area contributed by atoms with Gasteiger partial charge in [-0.2, -0.15) is 0 Å². The minimum absolute atomic E-state index is 0.0891. The first kappa shape index (κ1) is 12.5. The van der Waals surface area contributed by atoms with Gasteiger partial charge in [0.2, 0.25) is 0 Å². The number of carboxylic acid groups (broad SMARTS) is 1. The molecule has 3 N–H and O–H groups in total. The average molecular weight is 236 g/mol. The molecule has 0 fully saturated rings. The number of hydrogen-bond donors (Lipinski definition) is 3. The van der Waals surface area contributed by atoms with E-state index < -0.39 is 40.3 Å². The molecule has 0 aromatic heterocycles. The Morgan fingerprint density at radius 2 is 1.75 bits per heavy atom. The third-order valence-corrected chi connectivity index (χ3v) is 2.05. The minimum Gasteiger partial charge on any atom is -0.477 e. The van der Waals surface area contributed by atoms with Crippen molar-refractivity contribution >= 4 is 5.97 Å². The van der Waals surface area contributed by atoms with Crippen molar-refractivity contribution in [3.05, 3.63) is 34.6 Å². The Balaban J connectivity index is 3.54. The maximum Gasteiger partial charge on any atom is 0.369 e. The van der Waals surface area contributed by atoms with Gasteiger partial charge in [-0.25, -0.2) is 18.0 Å². The molecular formula is C9H7F3O4. The number of carboxylic acids is 1. The van der Waals surface area contributed by atoms with Gasteiger partial charge in [0.25, 0.3) is 5.79 Å². The molecule has 1 aromatic carbocycles. The summed E-state index contributed by atoms with van der Waals surface area (Å²) in [5, 5.41) is 26.4. The second kappa shape index (κ2) is 3.76. The number of halogens is 3. The zero-order valence-electron chi connectivity index (χ0n) is 7.96. The zero-order chi connectivity index (χ0) is 12.7. The Morgan fingerprint density at radius 3 is 2.19 bits per heavy atom. The summed E-state index contributed by atoms with van der Waals surface area (Å²) in [5.41, 5.74) is -2.08. The molecule has 0 aliphatic heterocycles. The first-order chi connectivity index (χ1) is 7.19. The number of rotatable bonds is 2. The highest BCUT2D eigenvalue weighted by atomic mass is 19.2. The van der Waals surface area contributed by atoms with Crippen molar-refractivity contribution in [3.63, 3.8) is 0 Å². The molecule has 0 unspecified atom stereocenters. The topological polar surface area (TPSA) is 77.8 Å². The summed E-state index contributed by atoms with van der Waals surface area (Å²) in [6.07, 6.45) is 0. The largest absolute Gasteiger partial charge is 0.477 e. The maximum absolute atomic E-state index is 13.3. The average Bonchev–Trinajstić information content (AvgIpc) is 2.19. The van der Waals surface area contributed by atoms with E-state index in [0.717, 1.165) is 6.92 Å². The monoisotopic (exact) mass is 236 g/mol. The van der Waals surface area contributed by atoms with Crippen molar-refractivity contribution < 1.29 is 33.3 Å². The van der Waals surface area contributed by atoms with E-state index in [1.54, 1.807) is 0 Å². The number of carbonyl (C=O) groups is 1. The molecular weight excluding hydrogens is 229 g/mol. The van der Waals surface area contributed by atoms with Crippen LogP contribution < -0.4 is 0 Å². The van der Waals surface area contributed by atoms with Gasteiger partial charge in [-0.05, 0) is 13.0 Å². The molecule has 16 heavy (non-hydrogen) atoms. The van der Waals surface area contributed by atoms with Gasteiger partial charge < -0.3 is 15.3 Å². The van der Waals surface area contributed by atoms with Crippen molar-refractivity contribution in [2.75, 3.05) is 0 Å². The van der Waals surface area contributed by atoms with Crippen LogP contribution in [0.2, 0.25) is 0 Å². The van der Waals surface area contributed by atoms with Crippen LogP contribution in [0.3, 0.4) is 0 Å². The fraction of sp³-hybridized carbons (Fsp3) is 0.222. The van der Waals surface area contributed by atoms with Crippen molar-refractivity contribution in [2.45, 2.75) is 12.7 Å². The van der Waals surface area contributed by atoms with Gasteiger partial charge in [-0.3, -0.25) is 0 Å². The highest BCUT2D eigenvalue weighted by Crippen LogP contribution is 2.27. The lowest BCUT2D eigenvalue weighted by Gasteiger charge is -2.18. The number of benzene rings is 1. The molecule has 0 amide bonds. The van der Waals surface area contributed by atoms with E-state index in [4.69, 9.17) is 15.3 Å². The molecule has 7 heteroatoms. The predicted octanol–water partition coefficient (Wildman–Crippen LogP) is 0.634. The normalized spacial score (nSPS) is 11.6. The molecule has 1 aromatic rings. The Bertz CT molecular complexity index is 457. The molecule has 4 nitrogen and oxygen atoms in total. The van der Waals surface area contributed by atoms with E-state index >= 15 is 0 Å². The lowest BCUT2D eigenvalue weighted by molar-refractivity contribution is -0.209. The molecule has 0 saturated heterocycles. The summed E-state index contributed by atoms with van der Waals surface area (Å²) >= 11 is 0. The van der Waals surface area contributed by atoms with Crippen molar-refractivity contribution in [3.8, 4) is 0 Å². The molecule has 1 rings (SSSR count). The highest BCUT2D eigenvalue weighted by Gasteiger charge is 2.40. The van der Waals surface area contributed by atoms with Crippen LogP contribution in [-0.4, -0.2) is 21.3 Å². The predicted molar refractivity (Wildman–Crippen MR) is 44.8 cm³/mol. The van der Waals surface area contributed by atoms with Gasteiger partial charge in [-0.1, -0.05) is 0 Å². The van der Waals surface area contributed by atoms with Crippen molar-refractivity contribution in [1.29, 1.82) is 0 Å². The third-order valence-electron chi connectivity index (χ3n) is 2.05. The summed E-state index contributed by atoms with van der Waals surface area (Å²) in [4.78, 5) is 10.4. The van der Waals surface area contributed by atoms with Crippen LogP contribution >= 0.6 is 0 Å². The molecule has 0 atom stereocenters. The molecule has 0 aliphatic carbocycles. The van der Waals surface area contributed by atoms with Crippen molar-refractivity contribution in [1.82, 2.24) is 0 Å². The molecule has 0 radical (unpaired) electrons. The van der Waals surface area contributed by atoms with Crippen LogP contribution in [0.4, 0.5) is 13.2 Å². The van der Waals surface area contributed by atoms with E-state index in [-0.39, 0.29) is 6.07 Å². The molecule has 0 saturated carbocycles. The SMILES string of the molecule is Cc1c(F)c(F)cc(C(O)(O)C(=O)O)c1F. The standard InChI is InChI=1S/C9H7F3O4/c1-3-6(11)4(2-5(10)7(3)12)9(15,16)8(13)14/h2,15-16H,1H3,(H,13,14). The van der Waals surface area contributed by atoms with E-state index in [9.17, 15) is 18.0 Å². The van der Waals surface area contributed by atoms with Gasteiger partial charge in [0.15, 0.2) is 11.6 Å². The first-order valence-corrected chi connectivity index (χ1v) is 4.02. The number of aliphatic hydroxyl groups is 2. The van der Waals surface area contributed by atoms with Gasteiger partial charge in [0.1, 0.15) is 5.82 Å². The Kier molecular flexibility index (Phi) is 2.93. The Labute approximate surface area is 87.6 Å². The zero-order valence-corrected chi connectivity index (χ0v) is 7.96. The second-order valence-electron chi connectivity index (χ2n) is 3.14. The first-order valence-electron chi connectivity index (χ1n) is 4.02. The van der Waals surface area contributed by atoms with Crippen LogP contribution in [0.25, 0.3) is 0 Å². The van der Waals surface area contributed by atoms with Crippen molar-refractivity contribution in [2.24, 2.45) is 0 Å². The number of aliphatic carboxylic acids is 1. The van der Waals surface area contributed by atoms with Crippen LogP contribution in [0.1, 0.15) is 11.1 Å². The number of hydrogen-bond acceptors (Lipinski definition) is 3. The molecule has 0 spiro atoms. The fourth-order valence-corrected chi connectivity index (χ4v) is 1.10. The molecule has 0 bridgehead atoms. The van der Waals surface area contributed by atoms with Crippen LogP contribution in [0, 0.1) is 24.4 Å². The summed E-state index contributed by atoms with van der Waals surface area (Å²) in [7, 11) is 0. The highest BCUT2D eigenvalue weighted by molar-refractivity contribution is 5.77. The third kappa shape index (κ3) is 1.74. The summed E-state index contributed by atoms with van der Waals surface area (Å²) in [5.74, 6) is -10.4. The lowest BCUT2D eigenvalue weighted by Crippen LogP contribution is -2.36. The van der Waals surface area contributed by atoms with Crippen LogP contribution in [-0.2, 0) is 10.6 Å². The second-order valence-corrected chi connectivity index (χ2v) is 3.14. The summed E-state index contributed by atoms with van der Waals surface area (Å²) in [6, 6.07) is 0.0891. The fourth-order valence-electron chi connectivity index (χ4n) is 1.10.